The molecule has 4 heteroatoms. The summed E-state index contributed by atoms with van der Waals surface area (Å²) in [7, 11) is 3.12. The van der Waals surface area contributed by atoms with Gasteiger partial charge in [-0.05, 0) is 29.7 Å². The first-order chi connectivity index (χ1) is 10.7. The Kier molecular flexibility index (Phi) is 5.42. The second-order valence-corrected chi connectivity index (χ2v) is 5.09. The minimum Gasteiger partial charge on any atom is -0.497 e. The second-order valence-electron chi connectivity index (χ2n) is 5.09. The molecule has 0 saturated carbocycles. The Morgan fingerprint density at radius 1 is 1.09 bits per heavy atom. The van der Waals surface area contributed by atoms with E-state index in [1.807, 2.05) is 18.2 Å². The molecule has 0 bridgehead atoms. The Morgan fingerprint density at radius 2 is 1.82 bits per heavy atom. The molecule has 0 aromatic heterocycles. The van der Waals surface area contributed by atoms with Crippen LogP contribution in [0.4, 0.5) is 0 Å². The van der Waals surface area contributed by atoms with E-state index in [0.717, 1.165) is 0 Å². The van der Waals surface area contributed by atoms with Crippen LogP contribution in [-0.2, 0) is 0 Å². The first kappa shape index (κ1) is 15.9. The van der Waals surface area contributed by atoms with Crippen molar-refractivity contribution in [3.05, 3.63) is 59.7 Å². The molecule has 0 heterocycles. The molecule has 0 aliphatic rings. The van der Waals surface area contributed by atoms with Crippen molar-refractivity contribution in [1.82, 2.24) is 5.32 Å². The van der Waals surface area contributed by atoms with Gasteiger partial charge >= 0.3 is 0 Å². The molecule has 0 fully saturated rings. The summed E-state index contributed by atoms with van der Waals surface area (Å²) in [5, 5.41) is 2.95. The molecule has 22 heavy (non-hydrogen) atoms. The van der Waals surface area contributed by atoms with Gasteiger partial charge in [0.15, 0.2) is 0 Å². The summed E-state index contributed by atoms with van der Waals surface area (Å²) in [5.41, 5.74) is 1.67. The van der Waals surface area contributed by atoms with Crippen molar-refractivity contribution in [3.63, 3.8) is 0 Å². The highest BCUT2D eigenvalue weighted by atomic mass is 16.5. The maximum absolute atomic E-state index is 12.4. The molecule has 1 amide bonds. The molecule has 2 aromatic rings. The molecule has 1 N–H and O–H groups in total. The van der Waals surface area contributed by atoms with Crippen LogP contribution in [0.15, 0.2) is 48.5 Å². The van der Waals surface area contributed by atoms with Crippen molar-refractivity contribution >= 4 is 5.91 Å². The van der Waals surface area contributed by atoms with Crippen molar-refractivity contribution < 1.29 is 14.3 Å². The molecule has 0 saturated heterocycles. The number of carbonyl (C=O) groups is 1. The standard InChI is InChI=1S/C18H21NO3/c1-13(14-7-5-4-6-8-14)12-19-18(20)16-11-15(21-2)9-10-17(16)22-3/h4-11,13H,12H2,1-3H3,(H,19,20)/t13-/m1/s1. The fourth-order valence-electron chi connectivity index (χ4n) is 2.23. The zero-order valence-corrected chi connectivity index (χ0v) is 13.1. The zero-order chi connectivity index (χ0) is 15.9. The van der Waals surface area contributed by atoms with E-state index in [1.54, 1.807) is 32.4 Å². The first-order valence-electron chi connectivity index (χ1n) is 7.21. The quantitative estimate of drug-likeness (QED) is 0.891. The molecular weight excluding hydrogens is 278 g/mol. The average Bonchev–Trinajstić information content (AvgIpc) is 2.59. The maximum Gasteiger partial charge on any atom is 0.255 e. The third kappa shape index (κ3) is 3.79. The number of nitrogens with one attached hydrogen (secondary N) is 1. The number of hydrogen-bond donors (Lipinski definition) is 1. The fraction of sp³-hybridized carbons (Fsp3) is 0.278. The molecule has 2 rings (SSSR count). The largest absolute Gasteiger partial charge is 0.497 e. The normalized spacial score (nSPS) is 11.6. The maximum atomic E-state index is 12.4. The SMILES string of the molecule is COc1ccc(OC)c(C(=O)NC[C@@H](C)c2ccccc2)c1. The highest BCUT2D eigenvalue weighted by Crippen LogP contribution is 2.24. The third-order valence-electron chi connectivity index (χ3n) is 3.59. The number of rotatable bonds is 6. The summed E-state index contributed by atoms with van der Waals surface area (Å²) < 4.78 is 10.4. The van der Waals surface area contributed by atoms with Gasteiger partial charge < -0.3 is 14.8 Å². The molecule has 4 nitrogen and oxygen atoms in total. The van der Waals surface area contributed by atoms with Crippen molar-refractivity contribution in [3.8, 4) is 11.5 Å². The minimum absolute atomic E-state index is 0.168. The summed E-state index contributed by atoms with van der Waals surface area (Å²) >= 11 is 0. The van der Waals surface area contributed by atoms with Crippen molar-refractivity contribution in [1.29, 1.82) is 0 Å². The Balaban J connectivity index is 2.06. The van der Waals surface area contributed by atoms with Gasteiger partial charge in [0.2, 0.25) is 0 Å². The zero-order valence-electron chi connectivity index (χ0n) is 13.1. The third-order valence-corrected chi connectivity index (χ3v) is 3.59. The lowest BCUT2D eigenvalue weighted by Crippen LogP contribution is -2.27. The van der Waals surface area contributed by atoms with Gasteiger partial charge in [0.25, 0.3) is 5.91 Å². The molecule has 0 spiro atoms. The number of methoxy groups -OCH3 is 2. The van der Waals surface area contributed by atoms with E-state index in [4.69, 9.17) is 9.47 Å². The van der Waals surface area contributed by atoms with Crippen LogP contribution >= 0.6 is 0 Å². The van der Waals surface area contributed by atoms with E-state index in [-0.39, 0.29) is 11.8 Å². The van der Waals surface area contributed by atoms with Crippen molar-refractivity contribution in [2.75, 3.05) is 20.8 Å². The molecule has 0 aliphatic carbocycles. The van der Waals surface area contributed by atoms with Gasteiger partial charge in [0.1, 0.15) is 11.5 Å². The number of carbonyl (C=O) groups excluding carboxylic acids is 1. The van der Waals surface area contributed by atoms with E-state index in [9.17, 15) is 4.79 Å². The second kappa shape index (κ2) is 7.50. The average molecular weight is 299 g/mol. The molecule has 1 atom stereocenters. The summed E-state index contributed by atoms with van der Waals surface area (Å²) in [4.78, 5) is 12.4. The van der Waals surface area contributed by atoms with Crippen LogP contribution in [0.3, 0.4) is 0 Å². The number of amides is 1. The van der Waals surface area contributed by atoms with Gasteiger partial charge in [-0.15, -0.1) is 0 Å². The molecule has 116 valence electrons. The van der Waals surface area contributed by atoms with Gasteiger partial charge in [-0.3, -0.25) is 4.79 Å². The predicted octanol–water partition coefficient (Wildman–Crippen LogP) is 3.24. The van der Waals surface area contributed by atoms with Crippen LogP contribution in [0.2, 0.25) is 0 Å². The Bertz CT molecular complexity index is 625. The predicted molar refractivity (Wildman–Crippen MR) is 86.7 cm³/mol. The Labute approximate surface area is 131 Å². The fourth-order valence-corrected chi connectivity index (χ4v) is 2.23. The van der Waals surface area contributed by atoms with Gasteiger partial charge in [0, 0.05) is 6.54 Å². The molecular formula is C18H21NO3. The van der Waals surface area contributed by atoms with Crippen LogP contribution < -0.4 is 14.8 Å². The van der Waals surface area contributed by atoms with E-state index in [2.05, 4.69) is 24.4 Å². The lowest BCUT2D eigenvalue weighted by atomic mass is 10.0. The summed E-state index contributed by atoms with van der Waals surface area (Å²) in [6.45, 7) is 2.64. The molecule has 0 unspecified atom stereocenters. The van der Waals surface area contributed by atoms with Crippen molar-refractivity contribution in [2.45, 2.75) is 12.8 Å². The summed E-state index contributed by atoms with van der Waals surface area (Å²) in [6.07, 6.45) is 0. The van der Waals surface area contributed by atoms with E-state index < -0.39 is 0 Å². The van der Waals surface area contributed by atoms with Crippen LogP contribution in [0, 0.1) is 0 Å². The van der Waals surface area contributed by atoms with E-state index in [1.165, 1.54) is 5.56 Å². The number of hydrogen-bond acceptors (Lipinski definition) is 3. The highest BCUT2D eigenvalue weighted by molar-refractivity contribution is 5.97. The van der Waals surface area contributed by atoms with Crippen LogP contribution in [-0.4, -0.2) is 26.7 Å². The highest BCUT2D eigenvalue weighted by Gasteiger charge is 2.14. The minimum atomic E-state index is -0.168. The molecule has 0 aliphatic heterocycles. The van der Waals surface area contributed by atoms with Gasteiger partial charge in [0.05, 0.1) is 19.8 Å². The van der Waals surface area contributed by atoms with Crippen molar-refractivity contribution in [2.24, 2.45) is 0 Å². The van der Waals surface area contributed by atoms with Gasteiger partial charge in [-0.1, -0.05) is 37.3 Å². The van der Waals surface area contributed by atoms with E-state index in [0.29, 0.717) is 23.6 Å². The van der Waals surface area contributed by atoms with E-state index >= 15 is 0 Å². The first-order valence-corrected chi connectivity index (χ1v) is 7.21. The van der Waals surface area contributed by atoms with Crippen LogP contribution in [0.25, 0.3) is 0 Å². The van der Waals surface area contributed by atoms with Crippen LogP contribution in [0.5, 0.6) is 11.5 Å². The van der Waals surface area contributed by atoms with Crippen LogP contribution in [0.1, 0.15) is 28.8 Å². The monoisotopic (exact) mass is 299 g/mol. The Hall–Kier alpha value is -2.49. The van der Waals surface area contributed by atoms with Gasteiger partial charge in [-0.2, -0.15) is 0 Å². The van der Waals surface area contributed by atoms with Gasteiger partial charge in [-0.25, -0.2) is 0 Å². The number of benzene rings is 2. The molecule has 2 aromatic carbocycles. The topological polar surface area (TPSA) is 47.6 Å². The lowest BCUT2D eigenvalue weighted by Gasteiger charge is -2.15. The smallest absolute Gasteiger partial charge is 0.255 e. The Morgan fingerprint density at radius 3 is 2.45 bits per heavy atom. The lowest BCUT2D eigenvalue weighted by molar-refractivity contribution is 0.0948. The summed E-state index contributed by atoms with van der Waals surface area (Å²) in [6, 6.07) is 15.3. The molecule has 0 radical (unpaired) electrons. The summed E-state index contributed by atoms with van der Waals surface area (Å²) in [5.74, 6) is 1.23. The number of ether oxygens (including phenoxy) is 2.